The molecule has 0 aromatic carbocycles. The molecule has 0 spiro atoms. The van der Waals surface area contributed by atoms with Gasteiger partial charge in [0.15, 0.2) is 0 Å². The van der Waals surface area contributed by atoms with Gasteiger partial charge in [-0.15, -0.1) is 0 Å². The Morgan fingerprint density at radius 2 is 2.11 bits per heavy atom. The highest BCUT2D eigenvalue weighted by atomic mass is 16.5. The third kappa shape index (κ3) is 4.23. The largest absolute Gasteiger partial charge is 0.480 e. The fourth-order valence-electron chi connectivity index (χ4n) is 1.69. The normalized spacial score (nSPS) is 22.8. The molecule has 18 heavy (non-hydrogen) atoms. The van der Waals surface area contributed by atoms with Crippen molar-refractivity contribution in [1.82, 2.24) is 10.6 Å². The van der Waals surface area contributed by atoms with Gasteiger partial charge in [-0.05, 0) is 12.3 Å². The fraction of sp³-hybridized carbons (Fsp3) is 0.727. The van der Waals surface area contributed by atoms with Gasteiger partial charge in [-0.2, -0.15) is 0 Å². The molecule has 0 heterocycles. The lowest BCUT2D eigenvalue weighted by atomic mass is 10.2. The lowest BCUT2D eigenvalue weighted by molar-refractivity contribution is -0.147. The van der Waals surface area contributed by atoms with Gasteiger partial charge in [0, 0.05) is 6.04 Å². The highest BCUT2D eigenvalue weighted by molar-refractivity contribution is 5.86. The highest BCUT2D eigenvalue weighted by Crippen LogP contribution is 2.32. The molecule has 3 N–H and O–H groups in total. The van der Waals surface area contributed by atoms with Crippen LogP contribution in [0.15, 0.2) is 0 Å². The molecule has 2 unspecified atom stereocenters. The van der Waals surface area contributed by atoms with Crippen LogP contribution in [0.4, 0.5) is 4.79 Å². The number of ether oxygens (including phenoxy) is 1. The van der Waals surface area contributed by atoms with Crippen LogP contribution in [0, 0.1) is 5.92 Å². The number of carboxylic acids is 1. The molecule has 0 radical (unpaired) electrons. The Morgan fingerprint density at radius 3 is 2.56 bits per heavy atom. The van der Waals surface area contributed by atoms with E-state index in [1.54, 1.807) is 0 Å². The van der Waals surface area contributed by atoms with Crippen LogP contribution in [0.25, 0.3) is 0 Å². The van der Waals surface area contributed by atoms with Gasteiger partial charge < -0.3 is 20.5 Å². The molecular weight excluding hydrogens is 240 g/mol. The van der Waals surface area contributed by atoms with Gasteiger partial charge in [-0.25, -0.2) is 9.59 Å². The van der Waals surface area contributed by atoms with E-state index in [2.05, 4.69) is 15.4 Å². The lowest BCUT2D eigenvalue weighted by Gasteiger charge is -2.14. The third-order valence-corrected chi connectivity index (χ3v) is 2.97. The van der Waals surface area contributed by atoms with Crippen molar-refractivity contribution in [2.24, 2.45) is 5.92 Å². The molecule has 0 bridgehead atoms. The van der Waals surface area contributed by atoms with Crippen molar-refractivity contribution in [2.75, 3.05) is 7.11 Å². The molecule has 0 aromatic rings. The summed E-state index contributed by atoms with van der Waals surface area (Å²) in [7, 11) is 1.16. The summed E-state index contributed by atoms with van der Waals surface area (Å²) in [5, 5.41) is 13.8. The minimum atomic E-state index is -1.27. The van der Waals surface area contributed by atoms with Gasteiger partial charge in [0.1, 0.15) is 6.04 Å². The number of nitrogens with one attached hydrogen (secondary N) is 2. The van der Waals surface area contributed by atoms with E-state index >= 15 is 0 Å². The smallest absolute Gasteiger partial charge is 0.326 e. The molecule has 0 aromatic heterocycles. The van der Waals surface area contributed by atoms with Crippen molar-refractivity contribution in [2.45, 2.75) is 38.3 Å². The first kappa shape index (κ1) is 14.3. The van der Waals surface area contributed by atoms with E-state index in [1.165, 1.54) is 0 Å². The van der Waals surface area contributed by atoms with E-state index in [0.29, 0.717) is 5.92 Å². The fourth-order valence-corrected chi connectivity index (χ4v) is 1.69. The zero-order valence-corrected chi connectivity index (χ0v) is 10.4. The maximum Gasteiger partial charge on any atom is 0.326 e. The molecular formula is C11H18N2O5. The van der Waals surface area contributed by atoms with Crippen LogP contribution >= 0.6 is 0 Å². The Kier molecular flexibility index (Phi) is 4.94. The number of amides is 2. The number of hydrogen-bond donors (Lipinski definition) is 3. The second kappa shape index (κ2) is 6.23. The predicted molar refractivity (Wildman–Crippen MR) is 61.9 cm³/mol. The second-order valence-electron chi connectivity index (χ2n) is 4.30. The second-order valence-corrected chi connectivity index (χ2v) is 4.30. The highest BCUT2D eigenvalue weighted by Gasteiger charge is 2.37. The first-order valence-electron chi connectivity index (χ1n) is 5.84. The van der Waals surface area contributed by atoms with Crippen molar-refractivity contribution < 1.29 is 24.2 Å². The number of carbonyl (C=O) groups is 3. The molecule has 0 aliphatic heterocycles. The molecule has 2 amide bonds. The van der Waals surface area contributed by atoms with Crippen LogP contribution in [0.1, 0.15) is 26.2 Å². The molecule has 1 fully saturated rings. The molecule has 7 heteroatoms. The summed E-state index contributed by atoms with van der Waals surface area (Å²) in [5.41, 5.74) is 0. The average Bonchev–Trinajstić information content (AvgIpc) is 3.06. The zero-order valence-electron chi connectivity index (χ0n) is 10.4. The summed E-state index contributed by atoms with van der Waals surface area (Å²) >= 11 is 0. The van der Waals surface area contributed by atoms with Crippen LogP contribution in [-0.4, -0.2) is 42.3 Å². The van der Waals surface area contributed by atoms with Crippen molar-refractivity contribution in [3.63, 3.8) is 0 Å². The van der Waals surface area contributed by atoms with Crippen molar-refractivity contribution in [1.29, 1.82) is 0 Å². The summed E-state index contributed by atoms with van der Waals surface area (Å²) < 4.78 is 4.37. The van der Waals surface area contributed by atoms with Crippen molar-refractivity contribution in [3.8, 4) is 0 Å². The Bertz CT molecular complexity index is 344. The topological polar surface area (TPSA) is 105 Å². The Hall–Kier alpha value is -1.79. The standard InChI is InChI=1S/C11H18N2O5/c1-3-6-4-7(6)12-11(17)13-8(10(15)16)5-9(14)18-2/h6-8H,3-5H2,1-2H3,(H,15,16)(H2,12,13,17)/t6?,7?,8-/m0/s1. The van der Waals surface area contributed by atoms with E-state index in [9.17, 15) is 14.4 Å². The molecule has 102 valence electrons. The van der Waals surface area contributed by atoms with Crippen molar-refractivity contribution in [3.05, 3.63) is 0 Å². The molecule has 1 saturated carbocycles. The van der Waals surface area contributed by atoms with Gasteiger partial charge in [-0.1, -0.05) is 13.3 Å². The Morgan fingerprint density at radius 1 is 1.44 bits per heavy atom. The molecule has 7 nitrogen and oxygen atoms in total. The van der Waals surface area contributed by atoms with E-state index in [0.717, 1.165) is 20.0 Å². The van der Waals surface area contributed by atoms with Crippen LogP contribution < -0.4 is 10.6 Å². The van der Waals surface area contributed by atoms with E-state index < -0.39 is 24.0 Å². The molecule has 1 rings (SSSR count). The predicted octanol–water partition coefficient (Wildman–Crippen LogP) is 0.100. The monoisotopic (exact) mass is 258 g/mol. The maximum absolute atomic E-state index is 11.5. The number of carbonyl (C=O) groups excluding carboxylic acids is 2. The van der Waals surface area contributed by atoms with Gasteiger partial charge in [0.05, 0.1) is 13.5 Å². The summed E-state index contributed by atoms with van der Waals surface area (Å²) in [6, 6.07) is -1.72. The molecule has 3 atom stereocenters. The molecule has 1 aliphatic rings. The first-order valence-corrected chi connectivity index (χ1v) is 5.84. The number of aliphatic carboxylic acids is 1. The minimum absolute atomic E-state index is 0.113. The number of urea groups is 1. The first-order chi connectivity index (χ1) is 8.47. The van der Waals surface area contributed by atoms with Gasteiger partial charge in [0.2, 0.25) is 0 Å². The van der Waals surface area contributed by atoms with Crippen LogP contribution in [0.3, 0.4) is 0 Å². The summed E-state index contributed by atoms with van der Waals surface area (Å²) in [4.78, 5) is 33.3. The zero-order chi connectivity index (χ0) is 13.7. The molecule has 0 saturated heterocycles. The summed E-state index contributed by atoms with van der Waals surface area (Å²) in [6.07, 6.45) is 1.51. The van der Waals surface area contributed by atoms with E-state index in [-0.39, 0.29) is 12.5 Å². The third-order valence-electron chi connectivity index (χ3n) is 2.97. The minimum Gasteiger partial charge on any atom is -0.480 e. The number of methoxy groups -OCH3 is 1. The Labute approximate surface area is 105 Å². The summed E-state index contributed by atoms with van der Waals surface area (Å²) in [5.74, 6) is -1.47. The quantitative estimate of drug-likeness (QED) is 0.586. The van der Waals surface area contributed by atoms with Crippen molar-refractivity contribution >= 4 is 18.0 Å². The van der Waals surface area contributed by atoms with E-state index in [4.69, 9.17) is 5.11 Å². The number of rotatable bonds is 6. The Balaban J connectivity index is 2.38. The van der Waals surface area contributed by atoms with Gasteiger partial charge >= 0.3 is 18.0 Å². The lowest BCUT2D eigenvalue weighted by Crippen LogP contribution is -2.47. The van der Waals surface area contributed by atoms with E-state index in [1.807, 2.05) is 6.92 Å². The molecule has 1 aliphatic carbocycles. The van der Waals surface area contributed by atoms with Crippen LogP contribution in [0.2, 0.25) is 0 Å². The maximum atomic E-state index is 11.5. The number of carboxylic acid groups (broad SMARTS) is 1. The number of hydrogen-bond acceptors (Lipinski definition) is 4. The van der Waals surface area contributed by atoms with Gasteiger partial charge in [0.25, 0.3) is 0 Å². The summed E-state index contributed by atoms with van der Waals surface area (Å²) in [6.45, 7) is 2.03. The van der Waals surface area contributed by atoms with Crippen LogP contribution in [-0.2, 0) is 14.3 Å². The average molecular weight is 258 g/mol. The van der Waals surface area contributed by atoms with Gasteiger partial charge in [-0.3, -0.25) is 4.79 Å². The SMILES string of the molecule is CCC1CC1NC(=O)N[C@@H](CC(=O)OC)C(=O)O. The number of esters is 1. The van der Waals surface area contributed by atoms with Crippen LogP contribution in [0.5, 0.6) is 0 Å².